The minimum atomic E-state index is -4.06. The van der Waals surface area contributed by atoms with E-state index in [1.807, 2.05) is 13.8 Å². The lowest BCUT2D eigenvalue weighted by Crippen LogP contribution is -2.54. The number of rotatable bonds is 14. The monoisotopic (exact) mass is 619 g/mol. The number of halogens is 1. The van der Waals surface area contributed by atoms with E-state index < -0.39 is 28.2 Å². The molecule has 3 amide bonds. The van der Waals surface area contributed by atoms with Crippen LogP contribution >= 0.6 is 11.6 Å². The number of amides is 3. The van der Waals surface area contributed by atoms with Crippen LogP contribution in [0.1, 0.15) is 51.5 Å². The molecule has 2 aromatic rings. The van der Waals surface area contributed by atoms with Gasteiger partial charge in [0.15, 0.2) is 6.61 Å². The van der Waals surface area contributed by atoms with E-state index in [2.05, 4.69) is 20.1 Å². The molecule has 1 heterocycles. The average molecular weight is 620 g/mol. The molecule has 2 atom stereocenters. The van der Waals surface area contributed by atoms with Gasteiger partial charge in [0.1, 0.15) is 17.8 Å². The maximum absolute atomic E-state index is 13.6. The number of para-hydroxylation sites is 1. The van der Waals surface area contributed by atoms with Crippen molar-refractivity contribution in [1.82, 2.24) is 20.3 Å². The van der Waals surface area contributed by atoms with E-state index >= 15 is 0 Å². The van der Waals surface area contributed by atoms with Gasteiger partial charge in [0.25, 0.3) is 16.1 Å². The number of ether oxygens (including phenoxy) is 1. The first-order valence-electron chi connectivity index (χ1n) is 14.1. The third-order valence-electron chi connectivity index (χ3n) is 6.94. The van der Waals surface area contributed by atoms with Crippen LogP contribution in [0, 0.1) is 5.92 Å². The third kappa shape index (κ3) is 9.33. The second kappa shape index (κ2) is 14.2. The highest BCUT2D eigenvalue weighted by molar-refractivity contribution is 7.90. The maximum Gasteiger partial charge on any atom is 0.299 e. The summed E-state index contributed by atoms with van der Waals surface area (Å²) in [6.45, 7) is 4.04. The summed E-state index contributed by atoms with van der Waals surface area (Å²) in [6.07, 6.45) is 3.26. The van der Waals surface area contributed by atoms with Gasteiger partial charge >= 0.3 is 0 Å². The number of hydrogen-bond acceptors (Lipinski definition) is 6. The van der Waals surface area contributed by atoms with Crippen LogP contribution in [0.5, 0.6) is 5.75 Å². The molecular weight excluding hydrogens is 582 g/mol. The fourth-order valence-corrected chi connectivity index (χ4v) is 6.09. The van der Waals surface area contributed by atoms with E-state index in [0.717, 1.165) is 12.8 Å². The molecule has 0 spiro atoms. The van der Waals surface area contributed by atoms with Gasteiger partial charge in [-0.1, -0.05) is 43.6 Å². The van der Waals surface area contributed by atoms with E-state index in [1.165, 1.54) is 4.90 Å². The smallest absolute Gasteiger partial charge is 0.299 e. The fraction of sp³-hybridized carbons (Fsp3) is 0.483. The Bertz CT molecular complexity index is 1370. The molecule has 4 N–H and O–H groups in total. The number of anilines is 1. The number of carbonyl (C=O) groups is 3. The summed E-state index contributed by atoms with van der Waals surface area (Å²) in [4.78, 5) is 40.5. The van der Waals surface area contributed by atoms with Crippen LogP contribution in [0.2, 0.25) is 5.02 Å². The maximum atomic E-state index is 13.6. The lowest BCUT2D eigenvalue weighted by molar-refractivity contribution is -0.140. The molecule has 4 rings (SSSR count). The highest BCUT2D eigenvalue weighted by atomic mass is 35.5. The third-order valence-corrected chi connectivity index (χ3v) is 8.28. The first kappa shape index (κ1) is 31.6. The second-order valence-electron chi connectivity index (χ2n) is 11.1. The van der Waals surface area contributed by atoms with Gasteiger partial charge in [0, 0.05) is 35.4 Å². The van der Waals surface area contributed by atoms with Crippen LogP contribution in [0.25, 0.3) is 0 Å². The summed E-state index contributed by atoms with van der Waals surface area (Å²) in [5, 5.41) is 6.17. The van der Waals surface area contributed by atoms with Crippen molar-refractivity contribution in [1.29, 1.82) is 0 Å². The normalized spacial score (nSPS) is 17.5. The van der Waals surface area contributed by atoms with Gasteiger partial charge in [-0.05, 0) is 68.4 Å². The summed E-state index contributed by atoms with van der Waals surface area (Å²) in [7, 11) is -4.06. The van der Waals surface area contributed by atoms with E-state index in [9.17, 15) is 22.8 Å². The highest BCUT2D eigenvalue weighted by Gasteiger charge is 2.38. The van der Waals surface area contributed by atoms with Gasteiger partial charge in [-0.3, -0.25) is 19.1 Å². The van der Waals surface area contributed by atoms with Crippen molar-refractivity contribution >= 4 is 45.2 Å². The molecule has 1 aliphatic carbocycles. The number of nitrogens with one attached hydrogen (secondary N) is 4. The van der Waals surface area contributed by atoms with Crippen LogP contribution in [0.15, 0.2) is 48.5 Å². The van der Waals surface area contributed by atoms with Crippen LogP contribution < -0.4 is 24.8 Å². The average Bonchev–Trinajstić information content (AvgIpc) is 3.61. The second-order valence-corrected chi connectivity index (χ2v) is 12.9. The molecular formula is C29H38ClN5O6S. The Morgan fingerprint density at radius 1 is 1.07 bits per heavy atom. The Morgan fingerprint density at radius 2 is 1.81 bits per heavy atom. The van der Waals surface area contributed by atoms with Crippen LogP contribution in [0.3, 0.4) is 0 Å². The van der Waals surface area contributed by atoms with Gasteiger partial charge in [-0.2, -0.15) is 13.1 Å². The minimum Gasteiger partial charge on any atom is -0.483 e. The van der Waals surface area contributed by atoms with Gasteiger partial charge < -0.3 is 20.3 Å². The standard InChI is InChI=1S/C29H38ClN5O6S/c1-19(2)15-24(34-42(39,40)33-23-7-4-3-5-8-23)29(38)35-14-6-9-25(35)28(37)31-17-20-16-21(30)10-13-26(20)41-18-27(36)32-22-11-12-22/h3-5,7-8,10,13,16,19,22,24-25,33-34H,6,9,11-12,14-15,17-18H2,1-2H3,(H,31,37)(H,32,36)/t24-,25-/m0/s1. The molecule has 11 nitrogen and oxygen atoms in total. The zero-order chi connectivity index (χ0) is 30.3. The van der Waals surface area contributed by atoms with Crippen LogP contribution in [-0.4, -0.2) is 62.3 Å². The van der Waals surface area contributed by atoms with Crippen molar-refractivity contribution in [3.8, 4) is 5.75 Å². The number of likely N-dealkylation sites (tertiary alicyclic amines) is 1. The van der Waals surface area contributed by atoms with Gasteiger partial charge in [-0.25, -0.2) is 0 Å². The van der Waals surface area contributed by atoms with Crippen molar-refractivity contribution in [2.24, 2.45) is 5.92 Å². The van der Waals surface area contributed by atoms with Crippen molar-refractivity contribution in [3.63, 3.8) is 0 Å². The fourth-order valence-electron chi connectivity index (χ4n) is 4.82. The first-order chi connectivity index (χ1) is 20.0. The van der Waals surface area contributed by atoms with Crippen molar-refractivity contribution in [3.05, 3.63) is 59.1 Å². The Balaban J connectivity index is 1.39. The molecule has 0 bridgehead atoms. The Hall–Kier alpha value is -3.35. The van der Waals surface area contributed by atoms with Crippen molar-refractivity contribution in [2.75, 3.05) is 17.9 Å². The molecule has 0 aromatic heterocycles. The number of nitrogens with zero attached hydrogens (tertiary/aromatic N) is 1. The highest BCUT2D eigenvalue weighted by Crippen LogP contribution is 2.25. The summed E-state index contributed by atoms with van der Waals surface area (Å²) < 4.78 is 36.4. The molecule has 2 fully saturated rings. The quantitative estimate of drug-likeness (QED) is 0.256. The molecule has 1 aliphatic heterocycles. The zero-order valence-electron chi connectivity index (χ0n) is 23.8. The van der Waals surface area contributed by atoms with Gasteiger partial charge in [0.2, 0.25) is 11.8 Å². The SMILES string of the molecule is CC(C)C[C@H](NS(=O)(=O)Nc1ccccc1)C(=O)N1CCC[C@H]1C(=O)NCc1cc(Cl)ccc1OCC(=O)NC1CC1. The molecule has 0 radical (unpaired) electrons. The summed E-state index contributed by atoms with van der Waals surface area (Å²) in [5.74, 6) is -0.601. The Morgan fingerprint density at radius 3 is 2.50 bits per heavy atom. The van der Waals surface area contributed by atoms with Crippen LogP contribution in [0.4, 0.5) is 5.69 Å². The Kier molecular flexibility index (Phi) is 10.7. The molecule has 1 saturated heterocycles. The molecule has 42 heavy (non-hydrogen) atoms. The molecule has 2 aromatic carbocycles. The lowest BCUT2D eigenvalue weighted by Gasteiger charge is -2.29. The Labute approximate surface area is 251 Å². The van der Waals surface area contributed by atoms with Gasteiger partial charge in [0.05, 0.1) is 0 Å². The molecule has 0 unspecified atom stereocenters. The summed E-state index contributed by atoms with van der Waals surface area (Å²) in [5.41, 5.74) is 0.954. The molecule has 2 aliphatic rings. The van der Waals surface area contributed by atoms with E-state index in [-0.39, 0.29) is 43.3 Å². The molecule has 1 saturated carbocycles. The van der Waals surface area contributed by atoms with E-state index in [4.69, 9.17) is 16.3 Å². The lowest BCUT2D eigenvalue weighted by atomic mass is 10.0. The summed E-state index contributed by atoms with van der Waals surface area (Å²) in [6, 6.07) is 11.7. The first-order valence-corrected chi connectivity index (χ1v) is 16.0. The predicted octanol–water partition coefficient (Wildman–Crippen LogP) is 2.97. The number of hydrogen-bond donors (Lipinski definition) is 4. The number of carbonyl (C=O) groups excluding carboxylic acids is 3. The molecule has 13 heteroatoms. The van der Waals surface area contributed by atoms with E-state index in [1.54, 1.807) is 48.5 Å². The molecule has 228 valence electrons. The van der Waals surface area contributed by atoms with Gasteiger partial charge in [-0.15, -0.1) is 0 Å². The number of benzene rings is 2. The van der Waals surface area contributed by atoms with E-state index in [0.29, 0.717) is 41.4 Å². The minimum absolute atomic E-state index is 0.0147. The van der Waals surface area contributed by atoms with Crippen molar-refractivity contribution in [2.45, 2.75) is 70.6 Å². The summed E-state index contributed by atoms with van der Waals surface area (Å²) >= 11 is 6.18. The topological polar surface area (TPSA) is 146 Å². The predicted molar refractivity (Wildman–Crippen MR) is 160 cm³/mol. The van der Waals surface area contributed by atoms with Crippen molar-refractivity contribution < 1.29 is 27.5 Å². The largest absolute Gasteiger partial charge is 0.483 e. The zero-order valence-corrected chi connectivity index (χ0v) is 25.3. The van der Waals surface area contributed by atoms with Crippen LogP contribution in [-0.2, 0) is 31.1 Å².